The maximum atomic E-state index is 13.1. The van der Waals surface area contributed by atoms with Crippen molar-refractivity contribution in [2.24, 2.45) is 0 Å². The van der Waals surface area contributed by atoms with Crippen molar-refractivity contribution in [1.29, 1.82) is 0 Å². The summed E-state index contributed by atoms with van der Waals surface area (Å²) < 4.78 is 33.3. The molecule has 2 aliphatic heterocycles. The molecule has 0 radical (unpaired) electrons. The van der Waals surface area contributed by atoms with Crippen LogP contribution in [0.15, 0.2) is 47.6 Å². The first-order valence-electron chi connectivity index (χ1n) is 7.84. The van der Waals surface area contributed by atoms with Crippen LogP contribution in [0, 0.1) is 0 Å². The predicted molar refractivity (Wildman–Crippen MR) is 85.7 cm³/mol. The third kappa shape index (κ3) is 2.52. The average molecular weight is 330 g/mol. The molecule has 1 fully saturated rings. The fraction of sp³-hybridized carbons (Fsp3) is 0.353. The second-order valence-corrected chi connectivity index (χ2v) is 7.81. The normalized spacial score (nSPS) is 21.1. The van der Waals surface area contributed by atoms with Crippen LogP contribution in [0.1, 0.15) is 30.0 Å². The Morgan fingerprint density at radius 2 is 2.00 bits per heavy atom. The van der Waals surface area contributed by atoms with Crippen LogP contribution in [0.4, 0.5) is 0 Å². The van der Waals surface area contributed by atoms with Gasteiger partial charge >= 0.3 is 0 Å². The highest BCUT2D eigenvalue weighted by atomic mass is 32.2. The Morgan fingerprint density at radius 3 is 2.83 bits per heavy atom. The first-order chi connectivity index (χ1) is 11.2. The van der Waals surface area contributed by atoms with Crippen LogP contribution in [-0.4, -0.2) is 30.9 Å². The molecule has 0 amide bonds. The summed E-state index contributed by atoms with van der Waals surface area (Å²) in [4.78, 5) is 4.38. The van der Waals surface area contributed by atoms with Gasteiger partial charge in [-0.3, -0.25) is 4.98 Å². The van der Waals surface area contributed by atoms with Crippen molar-refractivity contribution in [2.45, 2.75) is 30.2 Å². The Morgan fingerprint density at radius 1 is 1.17 bits per heavy atom. The SMILES string of the molecule is O=S(=O)(c1ccc2c(c1)CCO2)N1CCC[C@H]1c1ccncc1. The standard InChI is InChI=1S/C17H18N2O3S/c20-23(21,15-3-4-17-14(12-15)7-11-22-17)19-10-1-2-16(19)13-5-8-18-9-6-13/h3-6,8-9,12,16H,1-2,7,10-11H2/t16-/m0/s1. The lowest BCUT2D eigenvalue weighted by molar-refractivity contribution is 0.356. The van der Waals surface area contributed by atoms with Gasteiger partial charge in [0.05, 0.1) is 17.5 Å². The number of sulfonamides is 1. The minimum Gasteiger partial charge on any atom is -0.493 e. The molecule has 1 saturated heterocycles. The van der Waals surface area contributed by atoms with E-state index in [0.717, 1.165) is 36.1 Å². The number of nitrogens with zero attached hydrogens (tertiary/aromatic N) is 2. The van der Waals surface area contributed by atoms with E-state index in [-0.39, 0.29) is 6.04 Å². The molecule has 5 nitrogen and oxygen atoms in total. The lowest BCUT2D eigenvalue weighted by atomic mass is 10.1. The molecule has 1 aromatic carbocycles. The summed E-state index contributed by atoms with van der Waals surface area (Å²) in [6.07, 6.45) is 5.92. The van der Waals surface area contributed by atoms with Crippen molar-refractivity contribution in [3.63, 3.8) is 0 Å². The number of rotatable bonds is 3. The molecule has 3 heterocycles. The summed E-state index contributed by atoms with van der Waals surface area (Å²) in [7, 11) is -3.50. The van der Waals surface area contributed by atoms with Gasteiger partial charge in [0.25, 0.3) is 0 Å². The van der Waals surface area contributed by atoms with Crippen molar-refractivity contribution >= 4 is 10.0 Å². The summed E-state index contributed by atoms with van der Waals surface area (Å²) >= 11 is 0. The van der Waals surface area contributed by atoms with Crippen LogP contribution in [0.5, 0.6) is 5.75 Å². The first-order valence-corrected chi connectivity index (χ1v) is 9.28. The number of benzene rings is 1. The highest BCUT2D eigenvalue weighted by molar-refractivity contribution is 7.89. The summed E-state index contributed by atoms with van der Waals surface area (Å²) in [6, 6.07) is 8.88. The zero-order valence-electron chi connectivity index (χ0n) is 12.7. The zero-order valence-corrected chi connectivity index (χ0v) is 13.5. The van der Waals surface area contributed by atoms with Gasteiger partial charge in [-0.2, -0.15) is 4.31 Å². The van der Waals surface area contributed by atoms with Gasteiger partial charge in [-0.15, -0.1) is 0 Å². The molecule has 4 rings (SSSR count). The van der Waals surface area contributed by atoms with Crippen molar-refractivity contribution < 1.29 is 13.2 Å². The number of aromatic nitrogens is 1. The smallest absolute Gasteiger partial charge is 0.243 e. The fourth-order valence-electron chi connectivity index (χ4n) is 3.41. The van der Waals surface area contributed by atoms with Crippen LogP contribution >= 0.6 is 0 Å². The van der Waals surface area contributed by atoms with Gasteiger partial charge in [-0.1, -0.05) is 0 Å². The quantitative estimate of drug-likeness (QED) is 0.868. The van der Waals surface area contributed by atoms with E-state index in [0.29, 0.717) is 18.0 Å². The number of hydrogen-bond donors (Lipinski definition) is 0. The molecule has 0 unspecified atom stereocenters. The maximum absolute atomic E-state index is 13.1. The Balaban J connectivity index is 1.70. The highest BCUT2D eigenvalue weighted by Gasteiger charge is 2.36. The Kier molecular flexibility index (Phi) is 3.58. The van der Waals surface area contributed by atoms with E-state index in [1.165, 1.54) is 0 Å². The van der Waals surface area contributed by atoms with Gasteiger partial charge in [0.15, 0.2) is 0 Å². The van der Waals surface area contributed by atoms with E-state index in [1.54, 1.807) is 34.9 Å². The summed E-state index contributed by atoms with van der Waals surface area (Å²) in [6.45, 7) is 1.19. The third-order valence-electron chi connectivity index (χ3n) is 4.56. The molecule has 2 aliphatic rings. The fourth-order valence-corrected chi connectivity index (χ4v) is 5.14. The van der Waals surface area contributed by atoms with Gasteiger partial charge in [0.2, 0.25) is 10.0 Å². The first kappa shape index (κ1) is 14.7. The van der Waals surface area contributed by atoms with Gasteiger partial charge in [-0.05, 0) is 54.3 Å². The van der Waals surface area contributed by atoms with E-state index >= 15 is 0 Å². The number of ether oxygens (including phenoxy) is 1. The molecule has 1 atom stereocenters. The Bertz CT molecular complexity index is 821. The van der Waals surface area contributed by atoms with E-state index in [2.05, 4.69) is 4.98 Å². The van der Waals surface area contributed by atoms with E-state index < -0.39 is 10.0 Å². The van der Waals surface area contributed by atoms with Crippen LogP contribution < -0.4 is 4.74 Å². The summed E-state index contributed by atoms with van der Waals surface area (Å²) in [5.41, 5.74) is 1.98. The molecule has 23 heavy (non-hydrogen) atoms. The van der Waals surface area contributed by atoms with Crippen LogP contribution in [0.2, 0.25) is 0 Å². The highest BCUT2D eigenvalue weighted by Crippen LogP contribution is 2.37. The second-order valence-electron chi connectivity index (χ2n) is 5.92. The molecule has 2 aromatic rings. The Hall–Kier alpha value is -1.92. The number of hydrogen-bond acceptors (Lipinski definition) is 4. The van der Waals surface area contributed by atoms with Crippen molar-refractivity contribution in [3.05, 3.63) is 53.9 Å². The lowest BCUT2D eigenvalue weighted by Gasteiger charge is -2.24. The minimum atomic E-state index is -3.50. The summed E-state index contributed by atoms with van der Waals surface area (Å²) in [5.74, 6) is 0.802. The van der Waals surface area contributed by atoms with Crippen molar-refractivity contribution in [1.82, 2.24) is 9.29 Å². The van der Waals surface area contributed by atoms with Crippen LogP contribution in [0.3, 0.4) is 0 Å². The van der Waals surface area contributed by atoms with Gasteiger partial charge in [-0.25, -0.2) is 8.42 Å². The van der Waals surface area contributed by atoms with E-state index in [9.17, 15) is 8.42 Å². The molecule has 0 bridgehead atoms. The molecule has 120 valence electrons. The van der Waals surface area contributed by atoms with E-state index in [1.807, 2.05) is 12.1 Å². The van der Waals surface area contributed by atoms with Crippen molar-refractivity contribution in [2.75, 3.05) is 13.2 Å². The molecule has 6 heteroatoms. The van der Waals surface area contributed by atoms with E-state index in [4.69, 9.17) is 4.74 Å². The third-order valence-corrected chi connectivity index (χ3v) is 6.47. The molecular weight excluding hydrogens is 312 g/mol. The Labute approximate surface area is 136 Å². The average Bonchev–Trinajstić information content (AvgIpc) is 3.24. The van der Waals surface area contributed by atoms with Gasteiger partial charge in [0, 0.05) is 25.4 Å². The lowest BCUT2D eigenvalue weighted by Crippen LogP contribution is -2.30. The predicted octanol–water partition coefficient (Wildman–Crippen LogP) is 2.54. The largest absolute Gasteiger partial charge is 0.493 e. The zero-order chi connectivity index (χ0) is 15.9. The van der Waals surface area contributed by atoms with Crippen molar-refractivity contribution in [3.8, 4) is 5.75 Å². The second kappa shape index (κ2) is 5.62. The number of fused-ring (bicyclic) bond motifs is 1. The molecule has 0 saturated carbocycles. The molecular formula is C17H18N2O3S. The van der Waals surface area contributed by atoms with Crippen LogP contribution in [-0.2, 0) is 16.4 Å². The maximum Gasteiger partial charge on any atom is 0.243 e. The monoisotopic (exact) mass is 330 g/mol. The summed E-state index contributed by atoms with van der Waals surface area (Å²) in [5, 5.41) is 0. The van der Waals surface area contributed by atoms with Crippen LogP contribution in [0.25, 0.3) is 0 Å². The van der Waals surface area contributed by atoms with Gasteiger partial charge in [0.1, 0.15) is 5.75 Å². The van der Waals surface area contributed by atoms with Gasteiger partial charge < -0.3 is 4.74 Å². The number of pyridine rings is 1. The minimum absolute atomic E-state index is 0.104. The molecule has 0 aliphatic carbocycles. The molecule has 0 spiro atoms. The molecule has 0 N–H and O–H groups in total. The molecule has 1 aromatic heterocycles. The topological polar surface area (TPSA) is 59.5 Å².